The Balaban J connectivity index is 1.95. The Bertz CT molecular complexity index is 707. The third-order valence-electron chi connectivity index (χ3n) is 2.77. The van der Waals surface area contributed by atoms with E-state index in [1.165, 1.54) is 9.40 Å². The van der Waals surface area contributed by atoms with Gasteiger partial charge >= 0.3 is 0 Å². The van der Waals surface area contributed by atoms with Crippen molar-refractivity contribution in [3.05, 3.63) is 48.5 Å². The highest BCUT2D eigenvalue weighted by Crippen LogP contribution is 2.34. The van der Waals surface area contributed by atoms with Crippen LogP contribution in [0.15, 0.2) is 48.5 Å². The van der Waals surface area contributed by atoms with E-state index in [1.54, 1.807) is 22.7 Å². The molecule has 86 valence electrons. The van der Waals surface area contributed by atoms with Crippen molar-refractivity contribution in [2.24, 2.45) is 0 Å². The molecule has 2 heterocycles. The second kappa shape index (κ2) is 3.86. The molecule has 0 saturated heterocycles. The lowest BCUT2D eigenvalue weighted by Crippen LogP contribution is -1.72. The van der Waals surface area contributed by atoms with Gasteiger partial charge in [0, 0.05) is 0 Å². The standard InChI is InChI=1S/C14H8N2S2/c1-3-7-11-9(5-1)15-13(17-11)14-16-10-6-2-4-8-12(10)18-14/h1-8H. The van der Waals surface area contributed by atoms with Gasteiger partial charge in [0.1, 0.15) is 0 Å². The molecule has 2 aromatic heterocycles. The molecule has 2 nitrogen and oxygen atoms in total. The van der Waals surface area contributed by atoms with E-state index in [0.29, 0.717) is 0 Å². The molecule has 0 unspecified atom stereocenters. The number of aromatic nitrogens is 2. The van der Waals surface area contributed by atoms with Gasteiger partial charge in [0.25, 0.3) is 0 Å². The zero-order valence-corrected chi connectivity index (χ0v) is 11.0. The molecule has 0 aliphatic heterocycles. The van der Waals surface area contributed by atoms with Gasteiger partial charge in [0.05, 0.1) is 20.4 Å². The topological polar surface area (TPSA) is 25.8 Å². The zero-order chi connectivity index (χ0) is 11.9. The maximum Gasteiger partial charge on any atom is 0.153 e. The molecule has 0 aliphatic carbocycles. The Kier molecular flexibility index (Phi) is 2.18. The van der Waals surface area contributed by atoms with Gasteiger partial charge in [-0.2, -0.15) is 0 Å². The normalized spacial score (nSPS) is 11.3. The van der Waals surface area contributed by atoms with Crippen LogP contribution in [0.4, 0.5) is 0 Å². The van der Waals surface area contributed by atoms with Crippen LogP contribution in [0.2, 0.25) is 0 Å². The Morgan fingerprint density at radius 2 is 1.06 bits per heavy atom. The fourth-order valence-corrected chi connectivity index (χ4v) is 3.88. The molecule has 2 aromatic carbocycles. The average Bonchev–Trinajstić information content (AvgIpc) is 3.02. The van der Waals surface area contributed by atoms with Crippen LogP contribution in [0, 0.1) is 0 Å². The summed E-state index contributed by atoms with van der Waals surface area (Å²) >= 11 is 3.40. The molecule has 4 heteroatoms. The third-order valence-corrected chi connectivity index (χ3v) is 4.99. The number of rotatable bonds is 1. The molecule has 0 atom stereocenters. The fraction of sp³-hybridized carbons (Fsp3) is 0. The van der Waals surface area contributed by atoms with Crippen LogP contribution >= 0.6 is 22.7 Å². The van der Waals surface area contributed by atoms with Crippen LogP contribution in [0.3, 0.4) is 0 Å². The highest BCUT2D eigenvalue weighted by Gasteiger charge is 2.10. The summed E-state index contributed by atoms with van der Waals surface area (Å²) in [5.41, 5.74) is 2.11. The largest absolute Gasteiger partial charge is 0.233 e. The van der Waals surface area contributed by atoms with Gasteiger partial charge in [-0.05, 0) is 24.3 Å². The summed E-state index contributed by atoms with van der Waals surface area (Å²) in [6.45, 7) is 0. The van der Waals surface area contributed by atoms with Gasteiger partial charge in [0.15, 0.2) is 10.0 Å². The maximum atomic E-state index is 4.64. The van der Waals surface area contributed by atoms with Gasteiger partial charge in [-0.1, -0.05) is 24.3 Å². The van der Waals surface area contributed by atoms with Crippen molar-refractivity contribution < 1.29 is 0 Å². The molecule has 0 bridgehead atoms. The predicted octanol–water partition coefficient (Wildman–Crippen LogP) is 4.57. The van der Waals surface area contributed by atoms with Gasteiger partial charge in [-0.3, -0.25) is 0 Å². The molecule has 0 saturated carbocycles. The van der Waals surface area contributed by atoms with E-state index in [4.69, 9.17) is 0 Å². The third kappa shape index (κ3) is 1.54. The van der Waals surface area contributed by atoms with Crippen molar-refractivity contribution in [3.8, 4) is 10.0 Å². The van der Waals surface area contributed by atoms with E-state index < -0.39 is 0 Å². The van der Waals surface area contributed by atoms with E-state index in [-0.39, 0.29) is 0 Å². The predicted molar refractivity (Wildman–Crippen MR) is 78.2 cm³/mol. The van der Waals surface area contributed by atoms with Crippen LogP contribution in [-0.4, -0.2) is 9.97 Å². The number of hydrogen-bond acceptors (Lipinski definition) is 4. The minimum absolute atomic E-state index is 1.01. The quantitative estimate of drug-likeness (QED) is 0.505. The Morgan fingerprint density at radius 1 is 0.611 bits per heavy atom. The van der Waals surface area contributed by atoms with Crippen molar-refractivity contribution in [1.82, 2.24) is 9.97 Å². The Morgan fingerprint density at radius 3 is 1.50 bits per heavy atom. The molecule has 18 heavy (non-hydrogen) atoms. The zero-order valence-electron chi connectivity index (χ0n) is 9.33. The second-order valence-corrected chi connectivity index (χ2v) is 6.03. The summed E-state index contributed by atoms with van der Waals surface area (Å²) in [4.78, 5) is 9.29. The lowest BCUT2D eigenvalue weighted by Gasteiger charge is -1.83. The van der Waals surface area contributed by atoms with Crippen LogP contribution in [0.1, 0.15) is 0 Å². The van der Waals surface area contributed by atoms with Crippen LogP contribution in [0.25, 0.3) is 30.4 Å². The first-order valence-corrected chi connectivity index (χ1v) is 7.25. The number of nitrogens with zero attached hydrogens (tertiary/aromatic N) is 2. The molecule has 0 N–H and O–H groups in total. The minimum Gasteiger partial charge on any atom is -0.233 e. The SMILES string of the molecule is c1ccc2sc(-c3nc4ccccc4s3)nc2c1. The number of thiazole rings is 2. The van der Waals surface area contributed by atoms with E-state index >= 15 is 0 Å². The molecular weight excluding hydrogens is 260 g/mol. The lowest BCUT2D eigenvalue weighted by molar-refractivity contribution is 1.42. The summed E-state index contributed by atoms with van der Waals surface area (Å²) in [6.07, 6.45) is 0. The van der Waals surface area contributed by atoms with Gasteiger partial charge in [0.2, 0.25) is 0 Å². The average molecular weight is 268 g/mol. The van der Waals surface area contributed by atoms with Gasteiger partial charge in [-0.25, -0.2) is 9.97 Å². The molecule has 4 rings (SSSR count). The van der Waals surface area contributed by atoms with Crippen molar-refractivity contribution in [2.45, 2.75) is 0 Å². The summed E-state index contributed by atoms with van der Waals surface area (Å²) in [7, 11) is 0. The number of fused-ring (bicyclic) bond motifs is 2. The van der Waals surface area contributed by atoms with Crippen molar-refractivity contribution in [3.63, 3.8) is 0 Å². The van der Waals surface area contributed by atoms with E-state index in [0.717, 1.165) is 21.0 Å². The fourth-order valence-electron chi connectivity index (χ4n) is 1.93. The smallest absolute Gasteiger partial charge is 0.153 e. The molecule has 0 amide bonds. The number of hydrogen-bond donors (Lipinski definition) is 0. The first kappa shape index (κ1) is 10.2. The van der Waals surface area contributed by atoms with Crippen LogP contribution in [-0.2, 0) is 0 Å². The van der Waals surface area contributed by atoms with E-state index in [9.17, 15) is 0 Å². The lowest BCUT2D eigenvalue weighted by atomic mass is 10.3. The molecule has 4 aromatic rings. The molecule has 0 radical (unpaired) electrons. The van der Waals surface area contributed by atoms with Crippen molar-refractivity contribution in [1.29, 1.82) is 0 Å². The highest BCUT2D eigenvalue weighted by atomic mass is 32.1. The van der Waals surface area contributed by atoms with Gasteiger partial charge < -0.3 is 0 Å². The minimum atomic E-state index is 1.01. The molecular formula is C14H8N2S2. The second-order valence-electron chi connectivity index (χ2n) is 3.97. The van der Waals surface area contributed by atoms with Gasteiger partial charge in [-0.15, -0.1) is 22.7 Å². The molecule has 0 spiro atoms. The monoisotopic (exact) mass is 268 g/mol. The van der Waals surface area contributed by atoms with Crippen LogP contribution < -0.4 is 0 Å². The summed E-state index contributed by atoms with van der Waals surface area (Å²) in [6, 6.07) is 16.4. The van der Waals surface area contributed by atoms with Crippen molar-refractivity contribution in [2.75, 3.05) is 0 Å². The summed E-state index contributed by atoms with van der Waals surface area (Å²) in [5.74, 6) is 0. The van der Waals surface area contributed by atoms with E-state index in [1.807, 2.05) is 36.4 Å². The number of benzene rings is 2. The Hall–Kier alpha value is -1.78. The summed E-state index contributed by atoms with van der Waals surface area (Å²) in [5, 5.41) is 2.02. The summed E-state index contributed by atoms with van der Waals surface area (Å²) < 4.78 is 2.43. The highest BCUT2D eigenvalue weighted by molar-refractivity contribution is 7.27. The number of para-hydroxylation sites is 2. The van der Waals surface area contributed by atoms with Crippen LogP contribution in [0.5, 0.6) is 0 Å². The first-order valence-electron chi connectivity index (χ1n) is 5.62. The van der Waals surface area contributed by atoms with Crippen molar-refractivity contribution >= 4 is 43.1 Å². The molecule has 0 fully saturated rings. The molecule has 0 aliphatic rings. The first-order chi connectivity index (χ1) is 8.90. The van der Waals surface area contributed by atoms with E-state index in [2.05, 4.69) is 22.1 Å². The Labute approximate surface area is 112 Å². The maximum absolute atomic E-state index is 4.64.